The number of rotatable bonds is 6. The SMILES string of the molecule is CCCNS(=O)(=O)c1ccc(NC(=O)c2cc3ccccc3oc2=O)cc1. The zero-order valence-corrected chi connectivity index (χ0v) is 15.4. The van der Waals surface area contributed by atoms with Crippen LogP contribution < -0.4 is 15.7 Å². The van der Waals surface area contributed by atoms with Crippen LogP contribution in [0.1, 0.15) is 23.7 Å². The summed E-state index contributed by atoms with van der Waals surface area (Å²) < 4.78 is 31.7. The second kappa shape index (κ2) is 7.73. The van der Waals surface area contributed by atoms with E-state index in [2.05, 4.69) is 10.0 Å². The predicted octanol–water partition coefficient (Wildman–Crippen LogP) is 2.73. The van der Waals surface area contributed by atoms with E-state index in [0.29, 0.717) is 29.6 Å². The second-order valence-electron chi connectivity index (χ2n) is 5.86. The van der Waals surface area contributed by atoms with Crippen molar-refractivity contribution in [3.05, 3.63) is 70.6 Å². The number of para-hydroxylation sites is 1. The highest BCUT2D eigenvalue weighted by Gasteiger charge is 2.16. The average Bonchev–Trinajstić information content (AvgIpc) is 2.66. The minimum atomic E-state index is -3.58. The van der Waals surface area contributed by atoms with Crippen LogP contribution in [0.5, 0.6) is 0 Å². The molecule has 3 aromatic rings. The Bertz CT molecular complexity index is 1130. The highest BCUT2D eigenvalue weighted by Crippen LogP contribution is 2.16. The van der Waals surface area contributed by atoms with Crippen LogP contribution >= 0.6 is 0 Å². The molecule has 140 valence electrons. The fourth-order valence-corrected chi connectivity index (χ4v) is 3.59. The summed E-state index contributed by atoms with van der Waals surface area (Å²) in [7, 11) is -3.58. The van der Waals surface area contributed by atoms with Crippen LogP contribution in [0, 0.1) is 0 Å². The first-order valence-corrected chi connectivity index (χ1v) is 9.83. The molecule has 0 fully saturated rings. The molecule has 7 nitrogen and oxygen atoms in total. The van der Waals surface area contributed by atoms with E-state index in [4.69, 9.17) is 4.42 Å². The van der Waals surface area contributed by atoms with Crippen molar-refractivity contribution in [2.75, 3.05) is 11.9 Å². The maximum absolute atomic E-state index is 12.4. The molecule has 8 heteroatoms. The molecule has 2 N–H and O–H groups in total. The standard InChI is InChI=1S/C19H18N2O5S/c1-2-11-20-27(24,25)15-9-7-14(8-10-15)21-18(22)16-12-13-5-3-4-6-17(13)26-19(16)23/h3-10,12,20H,2,11H2,1H3,(H,21,22). The monoisotopic (exact) mass is 386 g/mol. The number of hydrogen-bond donors (Lipinski definition) is 2. The Hall–Kier alpha value is -2.97. The van der Waals surface area contributed by atoms with E-state index in [0.717, 1.165) is 0 Å². The molecular formula is C19H18N2O5S. The van der Waals surface area contributed by atoms with Gasteiger partial charge in [0.15, 0.2) is 0 Å². The van der Waals surface area contributed by atoms with Gasteiger partial charge in [-0.15, -0.1) is 0 Å². The lowest BCUT2D eigenvalue weighted by Crippen LogP contribution is -2.24. The van der Waals surface area contributed by atoms with Gasteiger partial charge < -0.3 is 9.73 Å². The number of sulfonamides is 1. The lowest BCUT2D eigenvalue weighted by molar-refractivity contribution is 0.102. The van der Waals surface area contributed by atoms with Gasteiger partial charge in [-0.25, -0.2) is 17.9 Å². The molecule has 0 saturated heterocycles. The molecule has 1 aromatic heterocycles. The molecule has 0 saturated carbocycles. The number of benzene rings is 2. The van der Waals surface area contributed by atoms with Gasteiger partial charge in [0.1, 0.15) is 11.1 Å². The molecule has 3 rings (SSSR count). The van der Waals surface area contributed by atoms with Gasteiger partial charge in [0.05, 0.1) is 4.90 Å². The molecule has 1 amide bonds. The molecule has 0 bridgehead atoms. The Morgan fingerprint density at radius 2 is 1.78 bits per heavy atom. The van der Waals surface area contributed by atoms with Crippen LogP contribution in [-0.2, 0) is 10.0 Å². The lowest BCUT2D eigenvalue weighted by atomic mass is 10.1. The van der Waals surface area contributed by atoms with Crippen molar-refractivity contribution in [1.29, 1.82) is 0 Å². The number of fused-ring (bicyclic) bond motifs is 1. The topological polar surface area (TPSA) is 105 Å². The van der Waals surface area contributed by atoms with Crippen molar-refractivity contribution >= 4 is 32.6 Å². The lowest BCUT2D eigenvalue weighted by Gasteiger charge is -2.08. The zero-order valence-electron chi connectivity index (χ0n) is 14.6. The van der Waals surface area contributed by atoms with Crippen molar-refractivity contribution < 1.29 is 17.6 Å². The predicted molar refractivity (Wildman–Crippen MR) is 102 cm³/mol. The van der Waals surface area contributed by atoms with E-state index in [-0.39, 0.29) is 10.5 Å². The van der Waals surface area contributed by atoms with Crippen LogP contribution in [0.25, 0.3) is 11.0 Å². The molecule has 0 aliphatic rings. The number of carbonyl (C=O) groups excluding carboxylic acids is 1. The zero-order chi connectivity index (χ0) is 19.4. The van der Waals surface area contributed by atoms with E-state index in [9.17, 15) is 18.0 Å². The number of hydrogen-bond acceptors (Lipinski definition) is 5. The van der Waals surface area contributed by atoms with Crippen molar-refractivity contribution in [1.82, 2.24) is 4.72 Å². The normalized spacial score (nSPS) is 11.4. The third kappa shape index (κ3) is 4.24. The smallest absolute Gasteiger partial charge is 0.349 e. The molecule has 0 unspecified atom stereocenters. The van der Waals surface area contributed by atoms with Crippen molar-refractivity contribution in [3.8, 4) is 0 Å². The number of nitrogens with one attached hydrogen (secondary N) is 2. The summed E-state index contributed by atoms with van der Waals surface area (Å²) in [6.07, 6.45) is 0.682. The fourth-order valence-electron chi connectivity index (χ4n) is 2.46. The van der Waals surface area contributed by atoms with Gasteiger partial charge in [0.25, 0.3) is 5.91 Å². The van der Waals surface area contributed by atoms with E-state index in [1.807, 2.05) is 6.92 Å². The van der Waals surface area contributed by atoms with Gasteiger partial charge in [0, 0.05) is 17.6 Å². The van der Waals surface area contributed by atoms with Gasteiger partial charge in [-0.1, -0.05) is 25.1 Å². The molecule has 27 heavy (non-hydrogen) atoms. The van der Waals surface area contributed by atoms with Crippen LogP contribution in [0.3, 0.4) is 0 Å². The summed E-state index contributed by atoms with van der Waals surface area (Å²) in [6, 6.07) is 14.0. The average molecular weight is 386 g/mol. The molecule has 2 aromatic carbocycles. The highest BCUT2D eigenvalue weighted by atomic mass is 32.2. The minimum Gasteiger partial charge on any atom is -0.422 e. The Labute approximate surface area is 156 Å². The first kappa shape index (κ1) is 18.8. The molecule has 0 spiro atoms. The highest BCUT2D eigenvalue weighted by molar-refractivity contribution is 7.89. The molecule has 0 radical (unpaired) electrons. The molecule has 0 aliphatic carbocycles. The van der Waals surface area contributed by atoms with Crippen LogP contribution in [0.4, 0.5) is 5.69 Å². The Kier molecular flexibility index (Phi) is 5.38. The van der Waals surface area contributed by atoms with Crippen LogP contribution in [0.2, 0.25) is 0 Å². The van der Waals surface area contributed by atoms with E-state index < -0.39 is 21.6 Å². The van der Waals surface area contributed by atoms with Crippen molar-refractivity contribution in [2.24, 2.45) is 0 Å². The maximum atomic E-state index is 12.4. The van der Waals surface area contributed by atoms with E-state index in [1.165, 1.54) is 30.3 Å². The minimum absolute atomic E-state index is 0.0965. The molecule has 1 heterocycles. The second-order valence-corrected chi connectivity index (χ2v) is 7.63. The van der Waals surface area contributed by atoms with Crippen molar-refractivity contribution in [3.63, 3.8) is 0 Å². The largest absolute Gasteiger partial charge is 0.422 e. The summed E-state index contributed by atoms with van der Waals surface area (Å²) in [6.45, 7) is 2.21. The number of anilines is 1. The summed E-state index contributed by atoms with van der Waals surface area (Å²) in [5.74, 6) is -0.630. The number of carbonyl (C=O) groups is 1. The Morgan fingerprint density at radius 1 is 1.07 bits per heavy atom. The maximum Gasteiger partial charge on any atom is 0.349 e. The van der Waals surface area contributed by atoms with Gasteiger partial charge in [0.2, 0.25) is 10.0 Å². The fraction of sp³-hybridized carbons (Fsp3) is 0.158. The third-order valence-corrected chi connectivity index (χ3v) is 5.33. The first-order valence-electron chi connectivity index (χ1n) is 8.34. The molecular weight excluding hydrogens is 368 g/mol. The summed E-state index contributed by atoms with van der Waals surface area (Å²) >= 11 is 0. The molecule has 0 aliphatic heterocycles. The summed E-state index contributed by atoms with van der Waals surface area (Å²) in [5.41, 5.74) is -0.112. The molecule has 0 atom stereocenters. The Balaban J connectivity index is 1.80. The van der Waals surface area contributed by atoms with E-state index in [1.54, 1.807) is 24.3 Å². The van der Waals surface area contributed by atoms with Gasteiger partial charge in [-0.3, -0.25) is 4.79 Å². The third-order valence-electron chi connectivity index (χ3n) is 3.85. The van der Waals surface area contributed by atoms with Gasteiger partial charge >= 0.3 is 5.63 Å². The van der Waals surface area contributed by atoms with Crippen molar-refractivity contribution in [2.45, 2.75) is 18.2 Å². The quantitative estimate of drug-likeness (QED) is 0.634. The van der Waals surface area contributed by atoms with E-state index >= 15 is 0 Å². The Morgan fingerprint density at radius 3 is 2.48 bits per heavy atom. The summed E-state index contributed by atoms with van der Waals surface area (Å²) in [5, 5.41) is 3.20. The van der Waals surface area contributed by atoms with Crippen LogP contribution in [-0.4, -0.2) is 20.9 Å². The number of amides is 1. The summed E-state index contributed by atoms with van der Waals surface area (Å²) in [4.78, 5) is 24.5. The first-order chi connectivity index (χ1) is 12.9. The van der Waals surface area contributed by atoms with Crippen LogP contribution in [0.15, 0.2) is 68.7 Å². The van der Waals surface area contributed by atoms with Gasteiger partial charge in [-0.2, -0.15) is 0 Å². The van der Waals surface area contributed by atoms with Gasteiger partial charge in [-0.05, 0) is 42.8 Å².